The van der Waals surface area contributed by atoms with E-state index in [4.69, 9.17) is 4.74 Å². The van der Waals surface area contributed by atoms with Gasteiger partial charge in [0.25, 0.3) is 0 Å². The fraction of sp³-hybridized carbons (Fsp3) is 0.600. The number of benzene rings is 1. The molecule has 148 valence electrons. The van der Waals surface area contributed by atoms with Gasteiger partial charge in [-0.1, -0.05) is 0 Å². The van der Waals surface area contributed by atoms with Crippen LogP contribution in [0.3, 0.4) is 0 Å². The third-order valence-electron chi connectivity index (χ3n) is 5.24. The molecule has 0 N–H and O–H groups in total. The van der Waals surface area contributed by atoms with Crippen LogP contribution < -0.4 is 4.90 Å². The van der Waals surface area contributed by atoms with E-state index in [1.54, 1.807) is 17.0 Å². The molecule has 0 atom stereocenters. The highest BCUT2D eigenvalue weighted by Crippen LogP contribution is 2.43. The summed E-state index contributed by atoms with van der Waals surface area (Å²) in [6.07, 6.45) is 1.49. The van der Waals surface area contributed by atoms with Gasteiger partial charge in [-0.3, -0.25) is 0 Å². The summed E-state index contributed by atoms with van der Waals surface area (Å²) in [5.41, 5.74) is 0.335. The quantitative estimate of drug-likeness (QED) is 0.738. The molecule has 1 aromatic rings. The van der Waals surface area contributed by atoms with E-state index in [1.165, 1.54) is 13.2 Å². The van der Waals surface area contributed by atoms with Gasteiger partial charge in [0.1, 0.15) is 11.4 Å². The monoisotopic (exact) mass is 378 g/mol. The van der Waals surface area contributed by atoms with Gasteiger partial charge in [-0.25, -0.2) is 14.0 Å². The van der Waals surface area contributed by atoms with E-state index in [1.807, 2.05) is 25.7 Å². The standard InChI is InChI=1S/C20H27FN2O4/c1-19(2,3)27-18(25)22-9-7-20(8-10-22)12-23(13-20)16-6-5-14(11-15(16)21)17(24)26-4/h5-6,11H,7-10,12-13H2,1-4H3. The number of halogens is 1. The molecule has 2 saturated heterocycles. The summed E-state index contributed by atoms with van der Waals surface area (Å²) < 4.78 is 24.4. The smallest absolute Gasteiger partial charge is 0.410 e. The largest absolute Gasteiger partial charge is 0.465 e. The number of likely N-dealkylation sites (tertiary alicyclic amines) is 1. The molecular formula is C20H27FN2O4. The minimum Gasteiger partial charge on any atom is -0.465 e. The predicted octanol–water partition coefficient (Wildman–Crippen LogP) is 3.45. The van der Waals surface area contributed by atoms with Gasteiger partial charge < -0.3 is 19.3 Å². The first kappa shape index (κ1) is 19.5. The molecule has 1 aromatic carbocycles. The third kappa shape index (κ3) is 4.17. The number of hydrogen-bond donors (Lipinski definition) is 0. The normalized spacial score (nSPS) is 18.9. The Morgan fingerprint density at radius 1 is 1.15 bits per heavy atom. The van der Waals surface area contributed by atoms with Crippen LogP contribution in [0.4, 0.5) is 14.9 Å². The van der Waals surface area contributed by atoms with Crippen molar-refractivity contribution in [2.75, 3.05) is 38.2 Å². The number of rotatable bonds is 2. The van der Waals surface area contributed by atoms with Crippen molar-refractivity contribution in [3.05, 3.63) is 29.6 Å². The van der Waals surface area contributed by atoms with Gasteiger partial charge in [0, 0.05) is 31.6 Å². The zero-order valence-electron chi connectivity index (χ0n) is 16.4. The number of nitrogens with zero attached hydrogens (tertiary/aromatic N) is 2. The number of amides is 1. The molecule has 0 aliphatic carbocycles. The Balaban J connectivity index is 1.56. The van der Waals surface area contributed by atoms with E-state index in [-0.39, 0.29) is 17.1 Å². The average Bonchev–Trinajstić information content (AvgIpc) is 2.57. The number of methoxy groups -OCH3 is 1. The Morgan fingerprint density at radius 2 is 1.78 bits per heavy atom. The Hall–Kier alpha value is -2.31. The summed E-state index contributed by atoms with van der Waals surface area (Å²) in [5.74, 6) is -0.964. The maximum atomic E-state index is 14.4. The molecule has 0 aromatic heterocycles. The SMILES string of the molecule is COC(=O)c1ccc(N2CC3(CCN(C(=O)OC(C)(C)C)CC3)C2)c(F)c1. The predicted molar refractivity (Wildman–Crippen MR) is 99.4 cm³/mol. The molecular weight excluding hydrogens is 351 g/mol. The molecule has 0 bridgehead atoms. The summed E-state index contributed by atoms with van der Waals surface area (Å²) in [4.78, 5) is 27.4. The lowest BCUT2D eigenvalue weighted by atomic mass is 9.72. The highest BCUT2D eigenvalue weighted by Gasteiger charge is 2.46. The van der Waals surface area contributed by atoms with Crippen molar-refractivity contribution >= 4 is 17.7 Å². The fourth-order valence-electron chi connectivity index (χ4n) is 3.75. The number of carbonyl (C=O) groups excluding carboxylic acids is 2. The van der Waals surface area contributed by atoms with Gasteiger partial charge >= 0.3 is 12.1 Å². The highest BCUT2D eigenvalue weighted by molar-refractivity contribution is 5.89. The number of piperidine rings is 1. The van der Waals surface area contributed by atoms with Gasteiger partial charge in [0.15, 0.2) is 0 Å². The lowest BCUT2D eigenvalue weighted by Gasteiger charge is -2.54. The van der Waals surface area contributed by atoms with Crippen LogP contribution in [0.15, 0.2) is 18.2 Å². The maximum Gasteiger partial charge on any atom is 0.410 e. The van der Waals surface area contributed by atoms with E-state index in [0.717, 1.165) is 25.9 Å². The van der Waals surface area contributed by atoms with E-state index >= 15 is 0 Å². The molecule has 2 aliphatic heterocycles. The molecule has 0 radical (unpaired) electrons. The minimum absolute atomic E-state index is 0.117. The fourth-order valence-corrected chi connectivity index (χ4v) is 3.75. The van der Waals surface area contributed by atoms with Gasteiger partial charge in [0.2, 0.25) is 0 Å². The lowest BCUT2D eigenvalue weighted by Crippen LogP contribution is -2.61. The van der Waals surface area contributed by atoms with Crippen molar-refractivity contribution in [1.82, 2.24) is 4.90 Å². The van der Waals surface area contributed by atoms with Gasteiger partial charge in [-0.05, 0) is 51.8 Å². The molecule has 2 aliphatic rings. The Bertz CT molecular complexity index is 728. The van der Waals surface area contributed by atoms with Crippen LogP contribution in [-0.4, -0.2) is 55.9 Å². The summed E-state index contributed by atoms with van der Waals surface area (Å²) >= 11 is 0. The summed E-state index contributed by atoms with van der Waals surface area (Å²) in [6.45, 7) is 8.41. The molecule has 1 spiro atoms. The van der Waals surface area contributed by atoms with Crippen LogP contribution in [-0.2, 0) is 9.47 Å². The summed E-state index contributed by atoms with van der Waals surface area (Å²) in [5, 5.41) is 0. The van der Waals surface area contributed by atoms with Crippen molar-refractivity contribution in [2.24, 2.45) is 5.41 Å². The van der Waals surface area contributed by atoms with Gasteiger partial charge in [-0.2, -0.15) is 0 Å². The maximum absolute atomic E-state index is 14.4. The van der Waals surface area contributed by atoms with Crippen LogP contribution in [0, 0.1) is 11.2 Å². The Labute approximate surface area is 159 Å². The van der Waals surface area contributed by atoms with Crippen molar-refractivity contribution in [3.63, 3.8) is 0 Å². The highest BCUT2D eigenvalue weighted by atomic mass is 19.1. The topological polar surface area (TPSA) is 59.1 Å². The molecule has 1 amide bonds. The summed E-state index contributed by atoms with van der Waals surface area (Å²) in [7, 11) is 1.27. The summed E-state index contributed by atoms with van der Waals surface area (Å²) in [6, 6.07) is 4.43. The molecule has 3 rings (SSSR count). The number of ether oxygens (including phenoxy) is 2. The van der Waals surface area contributed by atoms with Crippen molar-refractivity contribution in [3.8, 4) is 0 Å². The molecule has 7 heteroatoms. The zero-order valence-corrected chi connectivity index (χ0v) is 16.4. The van der Waals surface area contributed by atoms with E-state index < -0.39 is 17.4 Å². The second-order valence-electron chi connectivity index (χ2n) is 8.48. The van der Waals surface area contributed by atoms with Gasteiger partial charge in [0.05, 0.1) is 18.4 Å². The molecule has 2 fully saturated rings. The third-order valence-corrected chi connectivity index (χ3v) is 5.24. The van der Waals surface area contributed by atoms with E-state index in [9.17, 15) is 14.0 Å². The van der Waals surface area contributed by atoms with Crippen molar-refractivity contribution < 1.29 is 23.5 Å². The average molecular weight is 378 g/mol. The number of esters is 1. The minimum atomic E-state index is -0.546. The van der Waals surface area contributed by atoms with Gasteiger partial charge in [-0.15, -0.1) is 0 Å². The Kier molecular flexibility index (Phi) is 5.06. The first-order valence-corrected chi connectivity index (χ1v) is 9.23. The van der Waals surface area contributed by atoms with Crippen LogP contribution >= 0.6 is 0 Å². The number of hydrogen-bond acceptors (Lipinski definition) is 5. The van der Waals surface area contributed by atoms with E-state index in [0.29, 0.717) is 18.8 Å². The van der Waals surface area contributed by atoms with Crippen molar-refractivity contribution in [2.45, 2.75) is 39.2 Å². The lowest BCUT2D eigenvalue weighted by molar-refractivity contribution is 0.00591. The first-order chi connectivity index (χ1) is 12.6. The van der Waals surface area contributed by atoms with Crippen LogP contribution in [0.25, 0.3) is 0 Å². The van der Waals surface area contributed by atoms with Crippen LogP contribution in [0.1, 0.15) is 44.0 Å². The number of carbonyl (C=O) groups is 2. The molecule has 0 saturated carbocycles. The van der Waals surface area contributed by atoms with Crippen molar-refractivity contribution in [1.29, 1.82) is 0 Å². The molecule has 0 unspecified atom stereocenters. The first-order valence-electron chi connectivity index (χ1n) is 9.23. The Morgan fingerprint density at radius 3 is 2.30 bits per heavy atom. The molecule has 2 heterocycles. The molecule has 27 heavy (non-hydrogen) atoms. The second kappa shape index (κ2) is 7.02. The zero-order chi connectivity index (χ0) is 19.8. The second-order valence-corrected chi connectivity index (χ2v) is 8.48. The van der Waals surface area contributed by atoms with E-state index in [2.05, 4.69) is 4.74 Å². The molecule has 6 nitrogen and oxygen atoms in total. The number of anilines is 1. The van der Waals surface area contributed by atoms with Crippen LogP contribution in [0.5, 0.6) is 0 Å². The van der Waals surface area contributed by atoms with Crippen LogP contribution in [0.2, 0.25) is 0 Å².